The van der Waals surface area contributed by atoms with Crippen LogP contribution in [0.4, 0.5) is 4.79 Å². The molecule has 0 fully saturated rings. The maximum atomic E-state index is 11.7. The summed E-state index contributed by atoms with van der Waals surface area (Å²) in [7, 11) is 0. The zero-order chi connectivity index (χ0) is 16.5. The van der Waals surface area contributed by atoms with Gasteiger partial charge in [-0.25, -0.2) is 4.79 Å². The fraction of sp³-hybridized carbons (Fsp3) is 0.500. The summed E-state index contributed by atoms with van der Waals surface area (Å²) in [4.78, 5) is 15.0. The second-order valence-corrected chi connectivity index (χ2v) is 6.11. The van der Waals surface area contributed by atoms with Gasteiger partial charge in [-0.05, 0) is 30.4 Å². The van der Waals surface area contributed by atoms with Gasteiger partial charge in [0.25, 0.3) is 0 Å². The number of ether oxygens (including phenoxy) is 1. The fourth-order valence-corrected chi connectivity index (χ4v) is 2.41. The molecule has 126 valence electrons. The van der Waals surface area contributed by atoms with Crippen molar-refractivity contribution in [2.24, 2.45) is 5.92 Å². The highest BCUT2D eigenvalue weighted by Gasteiger charge is 2.04. The van der Waals surface area contributed by atoms with Gasteiger partial charge in [0.15, 0.2) is 0 Å². The molecule has 5 nitrogen and oxygen atoms in total. The Morgan fingerprint density at radius 3 is 2.83 bits per heavy atom. The van der Waals surface area contributed by atoms with Gasteiger partial charge in [-0.15, -0.1) is 0 Å². The van der Waals surface area contributed by atoms with E-state index in [1.807, 2.05) is 18.3 Å². The first-order valence-electron chi connectivity index (χ1n) is 8.31. The molecule has 1 aromatic carbocycles. The van der Waals surface area contributed by atoms with E-state index in [1.54, 1.807) is 0 Å². The van der Waals surface area contributed by atoms with Crippen LogP contribution in [0.1, 0.15) is 25.8 Å². The Bertz CT molecular complexity index is 607. The van der Waals surface area contributed by atoms with Gasteiger partial charge in [-0.3, -0.25) is 0 Å². The minimum Gasteiger partial charge on any atom is -0.381 e. The smallest absolute Gasteiger partial charge is 0.314 e. The quantitative estimate of drug-likeness (QED) is 0.622. The first kappa shape index (κ1) is 17.3. The van der Waals surface area contributed by atoms with E-state index in [0.717, 1.165) is 25.0 Å². The van der Waals surface area contributed by atoms with E-state index in [1.165, 1.54) is 10.9 Å². The lowest BCUT2D eigenvalue weighted by molar-refractivity contribution is 0.108. The van der Waals surface area contributed by atoms with Crippen LogP contribution in [0.15, 0.2) is 30.5 Å². The SMILES string of the molecule is CC(C)COCCCNC(=O)NCCc1c[nH]c2ccccc12. The number of nitrogens with one attached hydrogen (secondary N) is 3. The number of benzene rings is 1. The molecule has 0 bridgehead atoms. The van der Waals surface area contributed by atoms with Gasteiger partial charge in [0.2, 0.25) is 0 Å². The Morgan fingerprint density at radius 2 is 2.00 bits per heavy atom. The summed E-state index contributed by atoms with van der Waals surface area (Å²) in [6.07, 6.45) is 3.66. The Hall–Kier alpha value is -2.01. The normalized spacial score (nSPS) is 11.1. The summed E-state index contributed by atoms with van der Waals surface area (Å²) in [5.74, 6) is 0.552. The Kier molecular flexibility index (Phi) is 6.94. The molecule has 5 heteroatoms. The number of para-hydroxylation sites is 1. The van der Waals surface area contributed by atoms with Crippen LogP contribution in [0.25, 0.3) is 10.9 Å². The van der Waals surface area contributed by atoms with Gasteiger partial charge in [0.05, 0.1) is 0 Å². The molecule has 2 amide bonds. The number of aromatic amines is 1. The Morgan fingerprint density at radius 1 is 1.22 bits per heavy atom. The molecular formula is C18H27N3O2. The highest BCUT2D eigenvalue weighted by Crippen LogP contribution is 2.17. The van der Waals surface area contributed by atoms with E-state index >= 15 is 0 Å². The van der Waals surface area contributed by atoms with Crippen molar-refractivity contribution in [3.05, 3.63) is 36.0 Å². The summed E-state index contributed by atoms with van der Waals surface area (Å²) >= 11 is 0. The Balaban J connectivity index is 1.58. The van der Waals surface area contributed by atoms with Crippen molar-refractivity contribution in [2.45, 2.75) is 26.7 Å². The molecule has 2 rings (SSSR count). The first-order chi connectivity index (χ1) is 11.2. The number of fused-ring (bicyclic) bond motifs is 1. The number of H-pyrrole nitrogens is 1. The number of amides is 2. The molecule has 2 aromatic rings. The second-order valence-electron chi connectivity index (χ2n) is 6.11. The minimum absolute atomic E-state index is 0.117. The monoisotopic (exact) mass is 317 g/mol. The highest BCUT2D eigenvalue weighted by atomic mass is 16.5. The molecule has 3 N–H and O–H groups in total. The van der Waals surface area contributed by atoms with Crippen molar-refractivity contribution in [1.82, 2.24) is 15.6 Å². The van der Waals surface area contributed by atoms with Crippen LogP contribution >= 0.6 is 0 Å². The average molecular weight is 317 g/mol. The van der Waals surface area contributed by atoms with Crippen LogP contribution in [0.5, 0.6) is 0 Å². The van der Waals surface area contributed by atoms with Gasteiger partial charge < -0.3 is 20.4 Å². The molecular weight excluding hydrogens is 290 g/mol. The average Bonchev–Trinajstić information content (AvgIpc) is 2.94. The van der Waals surface area contributed by atoms with E-state index in [2.05, 4.69) is 41.6 Å². The van der Waals surface area contributed by atoms with Crippen LogP contribution in [-0.4, -0.2) is 37.3 Å². The number of hydrogen-bond donors (Lipinski definition) is 3. The molecule has 0 atom stereocenters. The van der Waals surface area contributed by atoms with E-state index in [0.29, 0.717) is 25.6 Å². The van der Waals surface area contributed by atoms with Crippen LogP contribution in [0, 0.1) is 5.92 Å². The van der Waals surface area contributed by atoms with Gasteiger partial charge in [0.1, 0.15) is 0 Å². The van der Waals surface area contributed by atoms with Crippen LogP contribution in [0.3, 0.4) is 0 Å². The molecule has 23 heavy (non-hydrogen) atoms. The topological polar surface area (TPSA) is 66.2 Å². The summed E-state index contributed by atoms with van der Waals surface area (Å²) in [5, 5.41) is 6.96. The maximum Gasteiger partial charge on any atom is 0.314 e. The third kappa shape index (κ3) is 5.94. The number of aromatic nitrogens is 1. The predicted octanol–water partition coefficient (Wildman–Crippen LogP) is 3.07. The summed E-state index contributed by atoms with van der Waals surface area (Å²) in [6, 6.07) is 8.08. The fourth-order valence-electron chi connectivity index (χ4n) is 2.41. The number of carbonyl (C=O) groups is 1. The first-order valence-corrected chi connectivity index (χ1v) is 8.31. The number of rotatable bonds is 9. The summed E-state index contributed by atoms with van der Waals surface area (Å²) < 4.78 is 5.47. The van der Waals surface area contributed by atoms with E-state index < -0.39 is 0 Å². The van der Waals surface area contributed by atoms with Crippen molar-refractivity contribution >= 4 is 16.9 Å². The molecule has 0 aliphatic rings. The van der Waals surface area contributed by atoms with Crippen molar-refractivity contribution in [3.8, 4) is 0 Å². The third-order valence-corrected chi connectivity index (χ3v) is 3.56. The second kappa shape index (κ2) is 9.20. The van der Waals surface area contributed by atoms with Crippen LogP contribution in [-0.2, 0) is 11.2 Å². The summed E-state index contributed by atoms with van der Waals surface area (Å²) in [5.41, 5.74) is 2.36. The van der Waals surface area contributed by atoms with Crippen molar-refractivity contribution in [2.75, 3.05) is 26.3 Å². The van der Waals surface area contributed by atoms with E-state index in [4.69, 9.17) is 4.74 Å². The molecule has 0 radical (unpaired) electrons. The standard InChI is InChI=1S/C18H27N3O2/c1-14(2)13-23-11-5-9-19-18(22)20-10-8-15-12-21-17-7-4-3-6-16(15)17/h3-4,6-7,12,14,21H,5,8-11,13H2,1-2H3,(H2,19,20,22). The number of urea groups is 1. The molecule has 0 saturated carbocycles. The maximum absolute atomic E-state index is 11.7. The highest BCUT2D eigenvalue weighted by molar-refractivity contribution is 5.83. The minimum atomic E-state index is -0.117. The molecule has 0 unspecified atom stereocenters. The lowest BCUT2D eigenvalue weighted by Crippen LogP contribution is -2.37. The number of carbonyl (C=O) groups excluding carboxylic acids is 1. The molecule has 1 heterocycles. The lowest BCUT2D eigenvalue weighted by atomic mass is 10.1. The number of hydrogen-bond acceptors (Lipinski definition) is 2. The largest absolute Gasteiger partial charge is 0.381 e. The zero-order valence-electron chi connectivity index (χ0n) is 14.0. The molecule has 0 aliphatic heterocycles. The summed E-state index contributed by atoms with van der Waals surface area (Å²) in [6.45, 7) is 6.97. The van der Waals surface area contributed by atoms with E-state index in [-0.39, 0.29) is 6.03 Å². The van der Waals surface area contributed by atoms with E-state index in [9.17, 15) is 4.79 Å². The van der Waals surface area contributed by atoms with Crippen molar-refractivity contribution < 1.29 is 9.53 Å². The Labute approximate surface area is 137 Å². The van der Waals surface area contributed by atoms with Crippen molar-refractivity contribution in [1.29, 1.82) is 0 Å². The predicted molar refractivity (Wildman–Crippen MR) is 93.7 cm³/mol. The van der Waals surface area contributed by atoms with Crippen LogP contribution < -0.4 is 10.6 Å². The lowest BCUT2D eigenvalue weighted by Gasteiger charge is -2.09. The van der Waals surface area contributed by atoms with Crippen molar-refractivity contribution in [3.63, 3.8) is 0 Å². The van der Waals surface area contributed by atoms with Gasteiger partial charge >= 0.3 is 6.03 Å². The van der Waals surface area contributed by atoms with Gasteiger partial charge in [-0.2, -0.15) is 0 Å². The molecule has 0 saturated heterocycles. The molecule has 1 aromatic heterocycles. The van der Waals surface area contributed by atoms with Crippen LogP contribution in [0.2, 0.25) is 0 Å². The van der Waals surface area contributed by atoms with Gasteiger partial charge in [0, 0.05) is 43.4 Å². The third-order valence-electron chi connectivity index (χ3n) is 3.56. The molecule has 0 aliphatic carbocycles. The van der Waals surface area contributed by atoms with Gasteiger partial charge in [-0.1, -0.05) is 32.0 Å². The molecule has 0 spiro atoms. The zero-order valence-corrected chi connectivity index (χ0v) is 14.0.